The molecule has 10 heteroatoms. The van der Waals surface area contributed by atoms with E-state index >= 15 is 0 Å². The smallest absolute Gasteiger partial charge is 0.272 e. The molecule has 7 rings (SSSR count). The first kappa shape index (κ1) is 28.5. The van der Waals surface area contributed by atoms with E-state index in [9.17, 15) is 4.79 Å². The van der Waals surface area contributed by atoms with Crippen LogP contribution in [0.15, 0.2) is 66.2 Å². The summed E-state index contributed by atoms with van der Waals surface area (Å²) in [6.45, 7) is 6.63. The number of morpholine rings is 1. The molecule has 224 valence electrons. The van der Waals surface area contributed by atoms with Gasteiger partial charge in [0.25, 0.3) is 5.91 Å². The molecule has 0 unspecified atom stereocenters. The van der Waals surface area contributed by atoms with E-state index in [0.29, 0.717) is 22.9 Å². The predicted molar refractivity (Wildman–Crippen MR) is 181 cm³/mol. The first-order valence-corrected chi connectivity index (χ1v) is 16.2. The normalized spacial score (nSPS) is 14.0. The number of carbonyl (C=O) groups is 1. The molecule has 2 aromatic carbocycles. The Labute approximate surface area is 263 Å². The number of hydrogen-bond donors (Lipinski definition) is 2. The highest BCUT2D eigenvalue weighted by molar-refractivity contribution is 7.20. The molecule has 0 spiro atoms. The van der Waals surface area contributed by atoms with E-state index in [2.05, 4.69) is 33.6 Å². The Bertz CT molecular complexity index is 2020. The zero-order valence-corrected chi connectivity index (χ0v) is 26.5. The number of anilines is 2. The summed E-state index contributed by atoms with van der Waals surface area (Å²) < 4.78 is 14.3. The van der Waals surface area contributed by atoms with Crippen LogP contribution in [-0.4, -0.2) is 53.8 Å². The summed E-state index contributed by atoms with van der Waals surface area (Å²) >= 11 is 3.50. The van der Waals surface area contributed by atoms with Crippen molar-refractivity contribution in [3.63, 3.8) is 0 Å². The summed E-state index contributed by atoms with van der Waals surface area (Å²) in [5.41, 5.74) is 13.0. The van der Waals surface area contributed by atoms with Gasteiger partial charge in [-0.25, -0.2) is 4.98 Å². The molecule has 1 saturated heterocycles. The lowest BCUT2D eigenvalue weighted by Crippen LogP contribution is -2.35. The molecule has 6 aromatic rings. The third-order valence-electron chi connectivity index (χ3n) is 8.33. The molecule has 1 fully saturated rings. The maximum atomic E-state index is 13.3. The lowest BCUT2D eigenvalue weighted by Gasteiger charge is -2.26. The zero-order chi connectivity index (χ0) is 30.4. The molecule has 1 aliphatic heterocycles. The number of thiophene rings is 2. The summed E-state index contributed by atoms with van der Waals surface area (Å²) in [5.74, 6) is 0.861. The fourth-order valence-electron chi connectivity index (χ4n) is 5.88. The monoisotopic (exact) mass is 623 g/mol. The number of nitrogen functional groups attached to an aromatic ring is 1. The van der Waals surface area contributed by atoms with Crippen molar-refractivity contribution in [3.05, 3.63) is 82.3 Å². The van der Waals surface area contributed by atoms with Gasteiger partial charge in [-0.1, -0.05) is 24.3 Å². The molecule has 1 amide bonds. The molecule has 0 bridgehead atoms. The number of ether oxygens (including phenoxy) is 2. The van der Waals surface area contributed by atoms with Crippen LogP contribution in [0.25, 0.3) is 42.6 Å². The summed E-state index contributed by atoms with van der Waals surface area (Å²) in [5, 5.41) is 7.12. The Morgan fingerprint density at radius 2 is 1.93 bits per heavy atom. The number of para-hydroxylation sites is 1. The first-order valence-electron chi connectivity index (χ1n) is 14.5. The fraction of sp³-hybridized carbons (Fsp3) is 0.235. The van der Waals surface area contributed by atoms with Gasteiger partial charge in [0.05, 0.1) is 26.0 Å². The Morgan fingerprint density at radius 3 is 2.73 bits per heavy atom. The van der Waals surface area contributed by atoms with Crippen LogP contribution < -0.4 is 15.8 Å². The van der Waals surface area contributed by atoms with Gasteiger partial charge in [-0.3, -0.25) is 9.69 Å². The first-order chi connectivity index (χ1) is 21.4. The van der Waals surface area contributed by atoms with E-state index in [1.54, 1.807) is 18.4 Å². The van der Waals surface area contributed by atoms with Crippen molar-refractivity contribution in [2.45, 2.75) is 13.5 Å². The molecule has 5 heterocycles. The van der Waals surface area contributed by atoms with Gasteiger partial charge >= 0.3 is 0 Å². The Balaban J connectivity index is 1.19. The molecule has 0 radical (unpaired) electrons. The van der Waals surface area contributed by atoms with Crippen LogP contribution in [0.2, 0.25) is 0 Å². The number of benzene rings is 2. The van der Waals surface area contributed by atoms with Gasteiger partial charge in [-0.15, -0.1) is 22.7 Å². The van der Waals surface area contributed by atoms with Crippen LogP contribution in [0.1, 0.15) is 20.9 Å². The standard InChI is InChI=1S/C34H33N5O3S2/c1-20-14-29(44-30(20)18-39-10-12-42-13-11-39)23-17-36-33(35)31-24(19-43-32(23)31)21-8-9-25(28(16-21)41-3)37-34(40)27-15-22-6-4-5-7-26(22)38(27)2/h4-9,14-17,19H,10-13,18H2,1-3H3,(H2,35,36)(H,37,40). The minimum atomic E-state index is -0.201. The van der Waals surface area contributed by atoms with Gasteiger partial charge in [0.1, 0.15) is 17.3 Å². The summed E-state index contributed by atoms with van der Waals surface area (Å²) in [6.07, 6.45) is 1.90. The van der Waals surface area contributed by atoms with E-state index in [-0.39, 0.29) is 5.91 Å². The van der Waals surface area contributed by atoms with Crippen LogP contribution >= 0.6 is 22.7 Å². The number of hydrogen-bond acceptors (Lipinski definition) is 8. The fourth-order valence-corrected chi connectivity index (χ4v) is 8.29. The minimum absolute atomic E-state index is 0.201. The Kier molecular flexibility index (Phi) is 7.59. The number of rotatable bonds is 7. The maximum Gasteiger partial charge on any atom is 0.272 e. The van der Waals surface area contributed by atoms with E-state index < -0.39 is 0 Å². The topological polar surface area (TPSA) is 94.6 Å². The molecule has 3 N–H and O–H groups in total. The van der Waals surface area contributed by atoms with Gasteiger partial charge in [0.2, 0.25) is 0 Å². The van der Waals surface area contributed by atoms with Crippen molar-refractivity contribution in [1.82, 2.24) is 14.5 Å². The minimum Gasteiger partial charge on any atom is -0.495 e. The average molecular weight is 624 g/mol. The van der Waals surface area contributed by atoms with E-state index in [4.69, 9.17) is 15.2 Å². The molecule has 44 heavy (non-hydrogen) atoms. The zero-order valence-electron chi connectivity index (χ0n) is 24.8. The molecule has 4 aromatic heterocycles. The van der Waals surface area contributed by atoms with E-state index in [1.807, 2.05) is 77.7 Å². The van der Waals surface area contributed by atoms with Crippen LogP contribution in [0.4, 0.5) is 11.5 Å². The summed E-state index contributed by atoms with van der Waals surface area (Å²) in [4.78, 5) is 22.9. The number of pyridine rings is 1. The summed E-state index contributed by atoms with van der Waals surface area (Å²) in [7, 11) is 3.51. The highest BCUT2D eigenvalue weighted by Crippen LogP contribution is 2.45. The van der Waals surface area contributed by atoms with Gasteiger partial charge in [0, 0.05) is 74.7 Å². The second-order valence-corrected chi connectivity index (χ2v) is 13.0. The van der Waals surface area contributed by atoms with Crippen LogP contribution in [0.3, 0.4) is 0 Å². The lowest BCUT2D eigenvalue weighted by molar-refractivity contribution is 0.0345. The number of methoxy groups -OCH3 is 1. The van der Waals surface area contributed by atoms with Crippen LogP contribution in [0, 0.1) is 6.92 Å². The number of aromatic nitrogens is 2. The second-order valence-electron chi connectivity index (χ2n) is 11.0. The Morgan fingerprint density at radius 1 is 1.11 bits per heavy atom. The molecule has 0 aliphatic carbocycles. The van der Waals surface area contributed by atoms with Crippen molar-refractivity contribution in [1.29, 1.82) is 0 Å². The highest BCUT2D eigenvalue weighted by Gasteiger charge is 2.21. The van der Waals surface area contributed by atoms with Crippen LogP contribution in [-0.2, 0) is 18.3 Å². The number of aryl methyl sites for hydroxylation is 2. The molecule has 0 atom stereocenters. The molecule has 0 saturated carbocycles. The molecule has 1 aliphatic rings. The third kappa shape index (κ3) is 5.13. The van der Waals surface area contributed by atoms with Gasteiger partial charge in [0.15, 0.2) is 0 Å². The van der Waals surface area contributed by atoms with Crippen molar-refractivity contribution in [2.24, 2.45) is 7.05 Å². The SMILES string of the molecule is COc1cc(-c2csc3c(-c4cc(C)c(CN5CCOCC5)s4)cnc(N)c23)ccc1NC(=O)c1cc2ccccc2n1C. The number of nitrogens with one attached hydrogen (secondary N) is 1. The number of amides is 1. The largest absolute Gasteiger partial charge is 0.495 e. The van der Waals surface area contributed by atoms with Gasteiger partial charge < -0.3 is 25.1 Å². The van der Waals surface area contributed by atoms with E-state index in [0.717, 1.165) is 70.5 Å². The predicted octanol–water partition coefficient (Wildman–Crippen LogP) is 7.17. The number of carbonyl (C=O) groups excluding carboxylic acids is 1. The molecular weight excluding hydrogens is 591 g/mol. The van der Waals surface area contributed by atoms with Crippen molar-refractivity contribution in [2.75, 3.05) is 44.5 Å². The molecular formula is C34H33N5O3S2. The van der Waals surface area contributed by atoms with E-state index in [1.165, 1.54) is 15.3 Å². The van der Waals surface area contributed by atoms with Crippen molar-refractivity contribution < 1.29 is 14.3 Å². The lowest BCUT2D eigenvalue weighted by atomic mass is 10.0. The Hall–Kier alpha value is -4.22. The summed E-state index contributed by atoms with van der Waals surface area (Å²) in [6, 6.07) is 17.9. The second kappa shape index (κ2) is 11.7. The number of nitrogens with zero attached hydrogens (tertiary/aromatic N) is 3. The quantitative estimate of drug-likeness (QED) is 0.196. The van der Waals surface area contributed by atoms with Gasteiger partial charge in [-0.05, 0) is 53.8 Å². The van der Waals surface area contributed by atoms with Gasteiger partial charge in [-0.2, -0.15) is 0 Å². The third-order valence-corrected chi connectivity index (χ3v) is 10.6. The van der Waals surface area contributed by atoms with Crippen molar-refractivity contribution in [3.8, 4) is 27.3 Å². The average Bonchev–Trinajstić information content (AvgIpc) is 3.74. The maximum absolute atomic E-state index is 13.3. The van der Waals surface area contributed by atoms with Crippen LogP contribution in [0.5, 0.6) is 5.75 Å². The van der Waals surface area contributed by atoms with Crippen molar-refractivity contribution >= 4 is 61.1 Å². The highest BCUT2D eigenvalue weighted by atomic mass is 32.1. The number of nitrogens with two attached hydrogens (primary N) is 1. The number of fused-ring (bicyclic) bond motifs is 2. The molecule has 8 nitrogen and oxygen atoms in total.